The maximum Gasteiger partial charge on any atom is 0.338 e. The van der Waals surface area contributed by atoms with E-state index in [4.69, 9.17) is 37.9 Å². The van der Waals surface area contributed by atoms with E-state index in [1.807, 2.05) is 0 Å². The van der Waals surface area contributed by atoms with E-state index in [1.165, 1.54) is 24.3 Å². The zero-order chi connectivity index (χ0) is 34.9. The maximum absolute atomic E-state index is 13.4. The highest BCUT2D eigenvalue weighted by molar-refractivity contribution is 5.91. The van der Waals surface area contributed by atoms with Crippen LogP contribution in [-0.2, 0) is 47.5 Å². The second-order valence-electron chi connectivity index (χ2n) is 11.0. The summed E-state index contributed by atoms with van der Waals surface area (Å²) >= 11 is 0. The fourth-order valence-corrected chi connectivity index (χ4v) is 5.25. The largest absolute Gasteiger partial charge is 0.459 e. The summed E-state index contributed by atoms with van der Waals surface area (Å²) in [5.41, 5.74) is 0.579. The second-order valence-corrected chi connectivity index (χ2v) is 11.0. The van der Waals surface area contributed by atoms with Crippen molar-refractivity contribution >= 4 is 29.8 Å². The highest BCUT2D eigenvalue weighted by atomic mass is 16.8. The van der Waals surface area contributed by atoms with Crippen molar-refractivity contribution < 1.29 is 67.0 Å². The first-order chi connectivity index (χ1) is 23.6. The Labute approximate surface area is 280 Å². The van der Waals surface area contributed by atoms with Crippen molar-refractivity contribution in [2.24, 2.45) is 0 Å². The summed E-state index contributed by atoms with van der Waals surface area (Å²) in [6.07, 6.45) is -11.5. The van der Waals surface area contributed by atoms with Crippen LogP contribution in [0.5, 0.6) is 0 Å². The molecule has 2 fully saturated rings. The molecule has 5 rings (SSSR count). The number of hydrogen-bond acceptors (Lipinski definition) is 14. The van der Waals surface area contributed by atoms with Crippen LogP contribution in [0.4, 0.5) is 0 Å². The first-order valence-electron chi connectivity index (χ1n) is 15.3. The Morgan fingerprint density at radius 3 is 1.61 bits per heavy atom. The van der Waals surface area contributed by atoms with Crippen LogP contribution in [0.15, 0.2) is 91.0 Å². The third kappa shape index (κ3) is 9.06. The minimum absolute atomic E-state index is 0.158. The van der Waals surface area contributed by atoms with Crippen LogP contribution in [0.1, 0.15) is 44.9 Å². The number of ether oxygens (including phenoxy) is 8. The minimum atomic E-state index is -1.67. The SMILES string of the molecule is CC(=O)O[C@@H]1[C@H](OC(C)=O)[C@@H](O[C@@H]2O[C@H](COC(=O)c3ccccc3)[C@H](OC(=O)c3ccccc3)[C@@H]2OC(=O)c2ccccc2)CO[C@H]1O. The second kappa shape index (κ2) is 16.3. The molecule has 258 valence electrons. The van der Waals surface area contributed by atoms with Gasteiger partial charge in [-0.2, -0.15) is 0 Å². The molecule has 2 saturated heterocycles. The van der Waals surface area contributed by atoms with Crippen molar-refractivity contribution in [3.05, 3.63) is 108 Å². The van der Waals surface area contributed by atoms with Crippen LogP contribution in [-0.4, -0.2) is 97.4 Å². The van der Waals surface area contributed by atoms with E-state index in [2.05, 4.69) is 0 Å². The van der Waals surface area contributed by atoms with Gasteiger partial charge in [0.15, 0.2) is 37.0 Å². The predicted molar refractivity (Wildman–Crippen MR) is 165 cm³/mol. The molecular formula is C35H34O14. The average Bonchev–Trinajstić information content (AvgIpc) is 3.41. The Hall–Kier alpha value is -5.15. The average molecular weight is 679 g/mol. The van der Waals surface area contributed by atoms with Gasteiger partial charge in [0, 0.05) is 13.8 Å². The van der Waals surface area contributed by atoms with Crippen molar-refractivity contribution in [3.8, 4) is 0 Å². The molecule has 49 heavy (non-hydrogen) atoms. The molecule has 0 spiro atoms. The minimum Gasteiger partial charge on any atom is -0.459 e. The van der Waals surface area contributed by atoms with Crippen molar-refractivity contribution in [2.45, 2.75) is 63.1 Å². The van der Waals surface area contributed by atoms with E-state index in [0.717, 1.165) is 13.8 Å². The Bertz CT molecular complexity index is 1600. The van der Waals surface area contributed by atoms with Gasteiger partial charge in [-0.05, 0) is 36.4 Å². The molecule has 0 aromatic heterocycles. The fraction of sp³-hybridized carbons (Fsp3) is 0.343. The summed E-state index contributed by atoms with van der Waals surface area (Å²) in [5, 5.41) is 10.4. The smallest absolute Gasteiger partial charge is 0.338 e. The molecular weight excluding hydrogens is 644 g/mol. The van der Waals surface area contributed by atoms with Gasteiger partial charge in [0.05, 0.1) is 23.3 Å². The maximum atomic E-state index is 13.4. The standard InChI is InChI=1S/C35H34O14/c1-20(36)44-27-25(19-43-34(41)29(27)45-21(2)37)46-35-30(49-33(40)24-16-10-5-11-17-24)28(48-32(39)23-14-8-4-9-15-23)26(47-35)18-42-31(38)22-12-6-3-7-13-22/h3-17,25-30,34-35,41H,18-19H2,1-2H3/t25-,26+,27+,28-,29+,30-,34+,35+/m0/s1. The first kappa shape index (κ1) is 35.2. The van der Waals surface area contributed by atoms with E-state index < -0.39 is 92.3 Å². The van der Waals surface area contributed by atoms with Gasteiger partial charge in [-0.3, -0.25) is 9.59 Å². The first-order valence-corrected chi connectivity index (χ1v) is 15.3. The summed E-state index contributed by atoms with van der Waals surface area (Å²) < 4.78 is 45.5. The van der Waals surface area contributed by atoms with Gasteiger partial charge >= 0.3 is 29.8 Å². The number of hydrogen-bond donors (Lipinski definition) is 1. The molecule has 2 aliphatic heterocycles. The number of carbonyl (C=O) groups is 5. The molecule has 0 radical (unpaired) electrons. The molecule has 1 N–H and O–H groups in total. The zero-order valence-electron chi connectivity index (χ0n) is 26.4. The number of rotatable bonds is 11. The topological polar surface area (TPSA) is 179 Å². The molecule has 0 amide bonds. The lowest BCUT2D eigenvalue weighted by molar-refractivity contribution is -0.297. The van der Waals surface area contributed by atoms with Gasteiger partial charge in [-0.1, -0.05) is 54.6 Å². The molecule has 2 heterocycles. The van der Waals surface area contributed by atoms with Gasteiger partial charge in [0.25, 0.3) is 0 Å². The van der Waals surface area contributed by atoms with Gasteiger partial charge in [0.1, 0.15) is 18.8 Å². The van der Waals surface area contributed by atoms with Crippen LogP contribution in [0.3, 0.4) is 0 Å². The zero-order valence-corrected chi connectivity index (χ0v) is 26.4. The van der Waals surface area contributed by atoms with E-state index in [1.54, 1.807) is 66.7 Å². The molecule has 0 bridgehead atoms. The summed E-state index contributed by atoms with van der Waals surface area (Å²) in [5.74, 6) is -3.91. The van der Waals surface area contributed by atoms with Gasteiger partial charge < -0.3 is 43.0 Å². The van der Waals surface area contributed by atoms with Crippen LogP contribution in [0.2, 0.25) is 0 Å². The van der Waals surface area contributed by atoms with E-state index >= 15 is 0 Å². The van der Waals surface area contributed by atoms with Crippen molar-refractivity contribution in [1.29, 1.82) is 0 Å². The van der Waals surface area contributed by atoms with Crippen LogP contribution in [0.25, 0.3) is 0 Å². The molecule has 14 nitrogen and oxygen atoms in total. The predicted octanol–water partition coefficient (Wildman–Crippen LogP) is 2.62. The van der Waals surface area contributed by atoms with Gasteiger partial charge in [-0.15, -0.1) is 0 Å². The summed E-state index contributed by atoms with van der Waals surface area (Å²) in [4.78, 5) is 63.5. The molecule has 8 atom stereocenters. The molecule has 2 aliphatic rings. The lowest BCUT2D eigenvalue weighted by atomic mass is 10.0. The molecule has 14 heteroatoms. The molecule has 0 aliphatic carbocycles. The van der Waals surface area contributed by atoms with E-state index in [9.17, 15) is 29.1 Å². The lowest BCUT2D eigenvalue weighted by Gasteiger charge is -2.40. The molecule has 0 unspecified atom stereocenters. The monoisotopic (exact) mass is 678 g/mol. The number of aliphatic hydroxyl groups is 1. The van der Waals surface area contributed by atoms with E-state index in [-0.39, 0.29) is 16.7 Å². The van der Waals surface area contributed by atoms with Crippen LogP contribution < -0.4 is 0 Å². The summed E-state index contributed by atoms with van der Waals surface area (Å²) in [6.45, 7) is 1.34. The van der Waals surface area contributed by atoms with Crippen molar-refractivity contribution in [1.82, 2.24) is 0 Å². The van der Waals surface area contributed by atoms with Crippen LogP contribution >= 0.6 is 0 Å². The molecule has 3 aromatic rings. The van der Waals surface area contributed by atoms with E-state index in [0.29, 0.717) is 0 Å². The Morgan fingerprint density at radius 2 is 1.10 bits per heavy atom. The molecule has 3 aromatic carbocycles. The van der Waals surface area contributed by atoms with Crippen molar-refractivity contribution in [2.75, 3.05) is 13.2 Å². The van der Waals surface area contributed by atoms with Gasteiger partial charge in [-0.25, -0.2) is 14.4 Å². The highest BCUT2D eigenvalue weighted by Crippen LogP contribution is 2.33. The van der Waals surface area contributed by atoms with Gasteiger partial charge in [0.2, 0.25) is 0 Å². The summed E-state index contributed by atoms with van der Waals surface area (Å²) in [6, 6.07) is 24.1. The number of benzene rings is 3. The number of esters is 5. The van der Waals surface area contributed by atoms with Crippen LogP contribution in [0, 0.1) is 0 Å². The van der Waals surface area contributed by atoms with Crippen molar-refractivity contribution in [3.63, 3.8) is 0 Å². The Kier molecular flexibility index (Phi) is 11.7. The summed E-state index contributed by atoms with van der Waals surface area (Å²) in [7, 11) is 0. The molecule has 0 saturated carbocycles. The Morgan fingerprint density at radius 1 is 0.633 bits per heavy atom. The quantitative estimate of drug-likeness (QED) is 0.231. The Balaban J connectivity index is 1.47. The third-order valence-corrected chi connectivity index (χ3v) is 7.48. The number of aliphatic hydroxyl groups excluding tert-OH is 1. The number of carbonyl (C=O) groups excluding carboxylic acids is 5. The third-order valence-electron chi connectivity index (χ3n) is 7.48. The fourth-order valence-electron chi connectivity index (χ4n) is 5.25. The normalized spacial score (nSPS) is 26.2. The lowest BCUT2D eigenvalue weighted by Crippen LogP contribution is -2.58. The highest BCUT2D eigenvalue weighted by Gasteiger charge is 2.54.